The maximum Gasteiger partial charge on any atom is 0.225 e. The highest BCUT2D eigenvalue weighted by molar-refractivity contribution is 5.81. The third-order valence-corrected chi connectivity index (χ3v) is 7.12. The van der Waals surface area contributed by atoms with E-state index in [1.54, 1.807) is 0 Å². The molecule has 2 aromatic rings. The first-order chi connectivity index (χ1) is 14.2. The summed E-state index contributed by atoms with van der Waals surface area (Å²) in [7, 11) is 0. The van der Waals surface area contributed by atoms with Crippen LogP contribution < -0.4 is 0 Å². The van der Waals surface area contributed by atoms with Crippen molar-refractivity contribution in [2.24, 2.45) is 5.92 Å². The maximum atomic E-state index is 12.4. The summed E-state index contributed by atoms with van der Waals surface area (Å²) in [5, 5.41) is 0. The summed E-state index contributed by atoms with van der Waals surface area (Å²) in [6, 6.07) is 16.7. The molecule has 29 heavy (non-hydrogen) atoms. The van der Waals surface area contributed by atoms with Gasteiger partial charge in [-0.1, -0.05) is 42.5 Å². The fourth-order valence-corrected chi connectivity index (χ4v) is 4.97. The molecule has 5 rings (SSSR count). The number of hydrogen-bond acceptors (Lipinski definition) is 2. The second-order valence-corrected chi connectivity index (χ2v) is 9.24. The first kappa shape index (κ1) is 18.9. The van der Waals surface area contributed by atoms with Gasteiger partial charge in [0.25, 0.3) is 0 Å². The van der Waals surface area contributed by atoms with Crippen molar-refractivity contribution in [2.45, 2.75) is 58.0 Å². The Morgan fingerprint density at radius 2 is 1.76 bits per heavy atom. The van der Waals surface area contributed by atoms with E-state index in [0.29, 0.717) is 11.8 Å². The van der Waals surface area contributed by atoms with Crippen molar-refractivity contribution in [3.8, 4) is 11.1 Å². The van der Waals surface area contributed by atoms with E-state index in [1.807, 2.05) is 0 Å². The number of benzene rings is 2. The van der Waals surface area contributed by atoms with Crippen molar-refractivity contribution in [3.63, 3.8) is 0 Å². The number of fused-ring (bicyclic) bond motifs is 1. The lowest BCUT2D eigenvalue weighted by Crippen LogP contribution is -2.36. The van der Waals surface area contributed by atoms with E-state index in [4.69, 9.17) is 0 Å². The van der Waals surface area contributed by atoms with Crippen LogP contribution in [0.5, 0.6) is 0 Å². The molecule has 1 amide bonds. The molecule has 0 bridgehead atoms. The normalized spacial score (nSPS) is 22.0. The number of likely N-dealkylation sites (tertiary alicyclic amines) is 1. The molecule has 1 saturated carbocycles. The van der Waals surface area contributed by atoms with E-state index in [9.17, 15) is 4.79 Å². The minimum absolute atomic E-state index is 0.322. The van der Waals surface area contributed by atoms with Gasteiger partial charge in [-0.2, -0.15) is 0 Å². The number of rotatable bonds is 5. The molecule has 1 saturated heterocycles. The SMILES string of the molecule is C[C@@H]1CCCN1CCc1ccc(-c2ccc3c(c2)CCN(C(=O)C2CC2)C3)cc1. The summed E-state index contributed by atoms with van der Waals surface area (Å²) in [5.74, 6) is 0.696. The van der Waals surface area contributed by atoms with E-state index in [-0.39, 0.29) is 0 Å². The standard InChI is InChI=1S/C26H32N2O/c1-19-3-2-14-27(19)15-12-20-4-6-21(7-5-20)23-10-11-25-18-28(16-13-24(25)17-23)26(29)22-8-9-22/h4-7,10-11,17,19,22H,2-3,8-9,12-16,18H2,1H3/t19-/m1/s1. The average Bonchev–Trinajstić information content (AvgIpc) is 3.53. The molecular weight excluding hydrogens is 356 g/mol. The molecule has 3 heteroatoms. The van der Waals surface area contributed by atoms with E-state index in [0.717, 1.165) is 44.8 Å². The second kappa shape index (κ2) is 7.95. The Labute approximate surface area is 174 Å². The van der Waals surface area contributed by atoms with Gasteiger partial charge in [-0.3, -0.25) is 4.79 Å². The minimum atomic E-state index is 0.322. The Morgan fingerprint density at radius 3 is 2.48 bits per heavy atom. The Morgan fingerprint density at radius 1 is 0.966 bits per heavy atom. The summed E-state index contributed by atoms with van der Waals surface area (Å²) in [6.07, 6.45) is 7.00. The van der Waals surface area contributed by atoms with Crippen LogP contribution in [0.1, 0.15) is 49.3 Å². The fourth-order valence-electron chi connectivity index (χ4n) is 4.97. The van der Waals surface area contributed by atoms with Gasteiger partial charge in [0.1, 0.15) is 0 Å². The highest BCUT2D eigenvalue weighted by Crippen LogP contribution is 2.33. The van der Waals surface area contributed by atoms with E-state index < -0.39 is 0 Å². The van der Waals surface area contributed by atoms with Gasteiger partial charge in [0.05, 0.1) is 0 Å². The van der Waals surface area contributed by atoms with Gasteiger partial charge in [-0.05, 0) is 79.8 Å². The van der Waals surface area contributed by atoms with Crippen LogP contribution in [0, 0.1) is 5.92 Å². The first-order valence-electron chi connectivity index (χ1n) is 11.4. The number of carbonyl (C=O) groups is 1. The van der Waals surface area contributed by atoms with Crippen LogP contribution in [0.2, 0.25) is 0 Å². The molecule has 0 spiro atoms. The van der Waals surface area contributed by atoms with Crippen LogP contribution in [0.15, 0.2) is 42.5 Å². The average molecular weight is 389 g/mol. The predicted molar refractivity (Wildman–Crippen MR) is 118 cm³/mol. The Kier molecular flexibility index (Phi) is 5.17. The summed E-state index contributed by atoms with van der Waals surface area (Å²) in [6.45, 7) is 6.46. The van der Waals surface area contributed by atoms with E-state index in [1.165, 1.54) is 53.7 Å². The van der Waals surface area contributed by atoms with E-state index in [2.05, 4.69) is 59.2 Å². The molecule has 0 radical (unpaired) electrons. The monoisotopic (exact) mass is 388 g/mol. The molecule has 2 aliphatic heterocycles. The van der Waals surface area contributed by atoms with Crippen LogP contribution in [0.3, 0.4) is 0 Å². The van der Waals surface area contributed by atoms with Gasteiger partial charge in [-0.15, -0.1) is 0 Å². The zero-order valence-corrected chi connectivity index (χ0v) is 17.6. The van der Waals surface area contributed by atoms with Crippen molar-refractivity contribution >= 4 is 5.91 Å². The number of hydrogen-bond donors (Lipinski definition) is 0. The van der Waals surface area contributed by atoms with Gasteiger partial charge in [0, 0.05) is 31.6 Å². The lowest BCUT2D eigenvalue weighted by molar-refractivity contribution is -0.133. The summed E-state index contributed by atoms with van der Waals surface area (Å²) < 4.78 is 0. The molecule has 3 aliphatic rings. The molecule has 0 N–H and O–H groups in total. The van der Waals surface area contributed by atoms with Gasteiger partial charge in [0.2, 0.25) is 5.91 Å². The van der Waals surface area contributed by atoms with Crippen LogP contribution in [-0.2, 0) is 24.2 Å². The van der Waals surface area contributed by atoms with Gasteiger partial charge < -0.3 is 9.80 Å². The largest absolute Gasteiger partial charge is 0.338 e. The smallest absolute Gasteiger partial charge is 0.225 e. The Hall–Kier alpha value is -2.13. The quantitative estimate of drug-likeness (QED) is 0.743. The molecular formula is C26H32N2O. The fraction of sp³-hybridized carbons (Fsp3) is 0.500. The number of nitrogens with zero attached hydrogens (tertiary/aromatic N) is 2. The number of amides is 1. The zero-order valence-electron chi connectivity index (χ0n) is 17.6. The van der Waals surface area contributed by atoms with E-state index >= 15 is 0 Å². The van der Waals surface area contributed by atoms with Crippen LogP contribution in [-0.4, -0.2) is 41.4 Å². The van der Waals surface area contributed by atoms with Gasteiger partial charge in [0.15, 0.2) is 0 Å². The third kappa shape index (κ3) is 4.11. The van der Waals surface area contributed by atoms with Crippen LogP contribution in [0.25, 0.3) is 11.1 Å². The zero-order chi connectivity index (χ0) is 19.8. The molecule has 3 nitrogen and oxygen atoms in total. The number of carbonyl (C=O) groups excluding carboxylic acids is 1. The highest BCUT2D eigenvalue weighted by atomic mass is 16.2. The van der Waals surface area contributed by atoms with Gasteiger partial charge in [-0.25, -0.2) is 0 Å². The van der Waals surface area contributed by atoms with Crippen molar-refractivity contribution < 1.29 is 4.79 Å². The third-order valence-electron chi connectivity index (χ3n) is 7.12. The molecule has 2 fully saturated rings. The van der Waals surface area contributed by atoms with Crippen molar-refractivity contribution in [1.82, 2.24) is 9.80 Å². The predicted octanol–water partition coefficient (Wildman–Crippen LogP) is 4.68. The Balaban J connectivity index is 1.24. The lowest BCUT2D eigenvalue weighted by atomic mass is 9.94. The van der Waals surface area contributed by atoms with Gasteiger partial charge >= 0.3 is 0 Å². The summed E-state index contributed by atoms with van der Waals surface area (Å²) in [5.41, 5.74) is 6.76. The first-order valence-corrected chi connectivity index (χ1v) is 11.4. The van der Waals surface area contributed by atoms with Crippen LogP contribution in [0.4, 0.5) is 0 Å². The molecule has 0 unspecified atom stereocenters. The minimum Gasteiger partial charge on any atom is -0.338 e. The molecule has 2 aromatic carbocycles. The topological polar surface area (TPSA) is 23.6 Å². The molecule has 1 aliphatic carbocycles. The van der Waals surface area contributed by atoms with Crippen molar-refractivity contribution in [1.29, 1.82) is 0 Å². The van der Waals surface area contributed by atoms with Crippen LogP contribution >= 0.6 is 0 Å². The summed E-state index contributed by atoms with van der Waals surface area (Å²) in [4.78, 5) is 17.1. The molecule has 152 valence electrons. The lowest BCUT2D eigenvalue weighted by Gasteiger charge is -2.29. The van der Waals surface area contributed by atoms with Crippen molar-refractivity contribution in [2.75, 3.05) is 19.6 Å². The Bertz CT molecular complexity index is 884. The molecule has 1 atom stereocenters. The molecule has 2 heterocycles. The van der Waals surface area contributed by atoms with Crippen molar-refractivity contribution in [3.05, 3.63) is 59.2 Å². The molecule has 0 aromatic heterocycles. The summed E-state index contributed by atoms with van der Waals surface area (Å²) >= 11 is 0. The second-order valence-electron chi connectivity index (χ2n) is 9.24. The maximum absolute atomic E-state index is 12.4. The highest BCUT2D eigenvalue weighted by Gasteiger charge is 2.34.